The average molecular weight is 262 g/mol. The third-order valence-corrected chi connectivity index (χ3v) is 3.94. The van der Waals surface area contributed by atoms with E-state index in [1.165, 1.54) is 0 Å². The van der Waals surface area contributed by atoms with Crippen LogP contribution in [0, 0.1) is 6.92 Å². The summed E-state index contributed by atoms with van der Waals surface area (Å²) in [4.78, 5) is 15.5. The first kappa shape index (κ1) is 13.9. The molecule has 1 fully saturated rings. The summed E-state index contributed by atoms with van der Waals surface area (Å²) in [6.07, 6.45) is 0. The lowest BCUT2D eigenvalue weighted by molar-refractivity contribution is -0.130. The fourth-order valence-corrected chi connectivity index (χ4v) is 2.63. The van der Waals surface area contributed by atoms with Crippen molar-refractivity contribution in [1.82, 2.24) is 9.80 Å². The van der Waals surface area contributed by atoms with Crippen LogP contribution in [0.2, 0.25) is 0 Å². The third-order valence-electron chi connectivity index (χ3n) is 3.94. The number of benzene rings is 1. The largest absolute Gasteiger partial charge is 0.508 e. The van der Waals surface area contributed by atoms with Crippen LogP contribution in [0.5, 0.6) is 5.75 Å². The molecule has 1 aliphatic heterocycles. The molecule has 2 rings (SSSR count). The predicted molar refractivity (Wildman–Crippen MR) is 75.1 cm³/mol. The summed E-state index contributed by atoms with van der Waals surface area (Å²) in [5.74, 6) is 0.498. The molecule has 0 spiro atoms. The summed E-state index contributed by atoms with van der Waals surface area (Å²) in [7, 11) is 0. The molecule has 4 heteroatoms. The zero-order valence-corrected chi connectivity index (χ0v) is 11.9. The van der Waals surface area contributed by atoms with Gasteiger partial charge in [-0.1, -0.05) is 17.7 Å². The number of nitrogens with zero attached hydrogens (tertiary/aromatic N) is 2. The Morgan fingerprint density at radius 2 is 1.89 bits per heavy atom. The van der Waals surface area contributed by atoms with Crippen molar-refractivity contribution in [2.24, 2.45) is 0 Å². The predicted octanol–water partition coefficient (Wildman–Crippen LogP) is 1.93. The van der Waals surface area contributed by atoms with Gasteiger partial charge in [0.05, 0.1) is 0 Å². The number of phenols is 1. The van der Waals surface area contributed by atoms with Gasteiger partial charge in [0.15, 0.2) is 0 Å². The van der Waals surface area contributed by atoms with Crippen LogP contribution in [0.3, 0.4) is 0 Å². The molecule has 1 aromatic carbocycles. The van der Waals surface area contributed by atoms with Gasteiger partial charge >= 0.3 is 0 Å². The maximum atomic E-state index is 11.3. The van der Waals surface area contributed by atoms with Crippen molar-refractivity contribution in [2.75, 3.05) is 26.2 Å². The van der Waals surface area contributed by atoms with Crippen molar-refractivity contribution in [3.8, 4) is 5.75 Å². The summed E-state index contributed by atoms with van der Waals surface area (Å²) in [5, 5.41) is 9.99. The first-order chi connectivity index (χ1) is 8.99. The zero-order chi connectivity index (χ0) is 14.0. The molecule has 1 N–H and O–H groups in total. The van der Waals surface area contributed by atoms with Crippen LogP contribution in [0.25, 0.3) is 0 Å². The van der Waals surface area contributed by atoms with Crippen LogP contribution < -0.4 is 0 Å². The molecule has 1 amide bonds. The standard InChI is InChI=1S/C15H22N2O2/c1-11-4-5-15(19)14(10-11)12(2)16-6-8-17(9-7-16)13(3)18/h4-5,10,12,19H,6-9H2,1-3H3. The highest BCUT2D eigenvalue weighted by molar-refractivity contribution is 5.73. The molecule has 0 aromatic heterocycles. The summed E-state index contributed by atoms with van der Waals surface area (Å²) in [6.45, 7) is 9.01. The van der Waals surface area contributed by atoms with Crippen molar-refractivity contribution >= 4 is 5.91 Å². The molecule has 4 nitrogen and oxygen atoms in total. The number of hydrogen-bond acceptors (Lipinski definition) is 3. The van der Waals surface area contributed by atoms with Crippen LogP contribution in [0.4, 0.5) is 0 Å². The molecule has 1 atom stereocenters. The van der Waals surface area contributed by atoms with Crippen LogP contribution >= 0.6 is 0 Å². The molecule has 0 bridgehead atoms. The fraction of sp³-hybridized carbons (Fsp3) is 0.533. The van der Waals surface area contributed by atoms with Crippen molar-refractivity contribution in [3.63, 3.8) is 0 Å². The van der Waals surface area contributed by atoms with E-state index in [1.807, 2.05) is 24.0 Å². The minimum Gasteiger partial charge on any atom is -0.508 e. The number of carbonyl (C=O) groups excluding carboxylic acids is 1. The van der Waals surface area contributed by atoms with E-state index in [9.17, 15) is 9.90 Å². The molecule has 1 aromatic rings. The molecular weight excluding hydrogens is 240 g/mol. The lowest BCUT2D eigenvalue weighted by Crippen LogP contribution is -2.48. The van der Waals surface area contributed by atoms with Crippen LogP contribution in [-0.2, 0) is 4.79 Å². The maximum Gasteiger partial charge on any atom is 0.219 e. The summed E-state index contributed by atoms with van der Waals surface area (Å²) in [5.41, 5.74) is 2.12. The van der Waals surface area contributed by atoms with Gasteiger partial charge in [-0.15, -0.1) is 0 Å². The Morgan fingerprint density at radius 1 is 1.26 bits per heavy atom. The van der Waals surface area contributed by atoms with Gasteiger partial charge in [0, 0.05) is 44.7 Å². The van der Waals surface area contributed by atoms with Crippen LogP contribution in [0.1, 0.15) is 31.0 Å². The van der Waals surface area contributed by atoms with Gasteiger partial charge in [0.25, 0.3) is 0 Å². The van der Waals surface area contributed by atoms with Gasteiger partial charge in [0.2, 0.25) is 5.91 Å². The average Bonchev–Trinajstić information content (AvgIpc) is 2.41. The number of carbonyl (C=O) groups is 1. The number of aromatic hydroxyl groups is 1. The second kappa shape index (κ2) is 5.61. The van der Waals surface area contributed by atoms with Gasteiger partial charge in [0.1, 0.15) is 5.75 Å². The lowest BCUT2D eigenvalue weighted by Gasteiger charge is -2.38. The quantitative estimate of drug-likeness (QED) is 0.885. The van der Waals surface area contributed by atoms with Crippen molar-refractivity contribution in [2.45, 2.75) is 26.8 Å². The van der Waals surface area contributed by atoms with Gasteiger partial charge in [-0.2, -0.15) is 0 Å². The lowest BCUT2D eigenvalue weighted by atomic mass is 10.0. The molecular formula is C15H22N2O2. The van der Waals surface area contributed by atoms with E-state index in [0.29, 0.717) is 5.75 Å². The highest BCUT2D eigenvalue weighted by Crippen LogP contribution is 2.29. The zero-order valence-electron chi connectivity index (χ0n) is 11.9. The molecule has 0 saturated carbocycles. The highest BCUT2D eigenvalue weighted by Gasteiger charge is 2.24. The van der Waals surface area contributed by atoms with Crippen molar-refractivity contribution in [3.05, 3.63) is 29.3 Å². The Balaban J connectivity index is 2.07. The van der Waals surface area contributed by atoms with Crippen LogP contribution in [0.15, 0.2) is 18.2 Å². The Labute approximate surface area is 114 Å². The maximum absolute atomic E-state index is 11.3. The number of rotatable bonds is 2. The Kier molecular flexibility index (Phi) is 4.10. The van der Waals surface area contributed by atoms with Gasteiger partial charge in [-0.05, 0) is 19.9 Å². The van der Waals surface area contributed by atoms with Gasteiger partial charge in [-0.3, -0.25) is 9.69 Å². The van der Waals surface area contributed by atoms with E-state index in [-0.39, 0.29) is 11.9 Å². The van der Waals surface area contributed by atoms with E-state index in [0.717, 1.165) is 37.3 Å². The van der Waals surface area contributed by atoms with Gasteiger partial charge < -0.3 is 10.0 Å². The first-order valence-corrected chi connectivity index (χ1v) is 6.78. The van der Waals surface area contributed by atoms with Crippen molar-refractivity contribution < 1.29 is 9.90 Å². The number of piperazine rings is 1. The number of aryl methyl sites for hydroxylation is 1. The monoisotopic (exact) mass is 262 g/mol. The summed E-state index contributed by atoms with van der Waals surface area (Å²) >= 11 is 0. The third kappa shape index (κ3) is 3.07. The number of phenolic OH excluding ortho intramolecular Hbond substituents is 1. The first-order valence-electron chi connectivity index (χ1n) is 6.78. The number of hydrogen-bond donors (Lipinski definition) is 1. The summed E-state index contributed by atoms with van der Waals surface area (Å²) in [6, 6.07) is 5.89. The van der Waals surface area contributed by atoms with Crippen molar-refractivity contribution in [1.29, 1.82) is 0 Å². The minimum absolute atomic E-state index is 0.144. The Bertz CT molecular complexity index is 465. The molecule has 104 valence electrons. The van der Waals surface area contributed by atoms with E-state index < -0.39 is 0 Å². The normalized spacial score (nSPS) is 18.4. The smallest absolute Gasteiger partial charge is 0.219 e. The Morgan fingerprint density at radius 3 is 2.47 bits per heavy atom. The number of amides is 1. The molecule has 1 saturated heterocycles. The summed E-state index contributed by atoms with van der Waals surface area (Å²) < 4.78 is 0. The van der Waals surface area contributed by atoms with E-state index in [4.69, 9.17) is 0 Å². The second-order valence-corrected chi connectivity index (χ2v) is 5.28. The molecule has 0 aliphatic carbocycles. The topological polar surface area (TPSA) is 43.8 Å². The molecule has 1 aliphatic rings. The molecule has 1 unspecified atom stereocenters. The SMILES string of the molecule is CC(=O)N1CCN(C(C)c2cc(C)ccc2O)CC1. The van der Waals surface area contributed by atoms with E-state index in [2.05, 4.69) is 11.8 Å². The minimum atomic E-state index is 0.144. The molecule has 0 radical (unpaired) electrons. The Hall–Kier alpha value is -1.55. The molecule has 19 heavy (non-hydrogen) atoms. The highest BCUT2D eigenvalue weighted by atomic mass is 16.3. The fourth-order valence-electron chi connectivity index (χ4n) is 2.63. The van der Waals surface area contributed by atoms with Gasteiger partial charge in [-0.25, -0.2) is 0 Å². The van der Waals surface area contributed by atoms with E-state index >= 15 is 0 Å². The second-order valence-electron chi connectivity index (χ2n) is 5.28. The molecule has 1 heterocycles. The van der Waals surface area contributed by atoms with E-state index in [1.54, 1.807) is 13.0 Å². The van der Waals surface area contributed by atoms with Crippen LogP contribution in [-0.4, -0.2) is 47.0 Å².